The molecule has 186 valence electrons. The fourth-order valence-corrected chi connectivity index (χ4v) is 5.29. The third-order valence-electron chi connectivity index (χ3n) is 7.36. The number of para-hydroxylation sites is 2. The van der Waals surface area contributed by atoms with Crippen LogP contribution in [0.15, 0.2) is 78.9 Å². The number of hydrogen-bond acceptors (Lipinski definition) is 4. The number of amides is 2. The lowest BCUT2D eigenvalue weighted by Crippen LogP contribution is -2.49. The summed E-state index contributed by atoms with van der Waals surface area (Å²) < 4.78 is 0. The zero-order valence-electron chi connectivity index (χ0n) is 20.9. The van der Waals surface area contributed by atoms with Crippen molar-refractivity contribution in [1.29, 1.82) is 0 Å². The van der Waals surface area contributed by atoms with Gasteiger partial charge in [-0.2, -0.15) is 0 Å². The fourth-order valence-electron chi connectivity index (χ4n) is 5.29. The molecule has 1 N–H and O–H groups in total. The molecule has 2 aliphatic rings. The molecule has 2 heterocycles. The van der Waals surface area contributed by atoms with E-state index in [0.29, 0.717) is 5.56 Å². The van der Waals surface area contributed by atoms with Gasteiger partial charge in [-0.15, -0.1) is 0 Å². The van der Waals surface area contributed by atoms with Crippen molar-refractivity contribution < 1.29 is 9.59 Å². The van der Waals surface area contributed by atoms with Crippen LogP contribution >= 0.6 is 0 Å². The van der Waals surface area contributed by atoms with E-state index in [1.807, 2.05) is 53.4 Å². The number of piperidine rings is 1. The molecule has 5 rings (SSSR count). The van der Waals surface area contributed by atoms with Gasteiger partial charge in [0, 0.05) is 62.2 Å². The second-order valence-electron chi connectivity index (χ2n) is 9.68. The molecule has 2 fully saturated rings. The van der Waals surface area contributed by atoms with Gasteiger partial charge < -0.3 is 20.0 Å². The van der Waals surface area contributed by atoms with Crippen molar-refractivity contribution in [1.82, 2.24) is 10.2 Å². The molecule has 3 aromatic carbocycles. The number of aryl methyl sites for hydroxylation is 1. The number of benzene rings is 3. The quantitative estimate of drug-likeness (QED) is 0.587. The fraction of sp³-hybridized carbons (Fsp3) is 0.333. The number of nitrogens with zero attached hydrogens (tertiary/aromatic N) is 3. The van der Waals surface area contributed by atoms with Crippen LogP contribution < -0.4 is 15.1 Å². The van der Waals surface area contributed by atoms with E-state index in [1.54, 1.807) is 0 Å². The van der Waals surface area contributed by atoms with Crippen molar-refractivity contribution in [2.75, 3.05) is 49.1 Å². The standard InChI is InChI=1S/C30H34N4O2/c1-23-9-5-7-13-27(23)33-19-21-34(22-20-33)30(36)26-12-6-8-14-28(26)32-17-15-25(16-18-32)31-29(35)24-10-3-2-4-11-24/h2-14,25H,15-22H2,1H3,(H,31,35). The maximum atomic E-state index is 13.6. The van der Waals surface area contributed by atoms with E-state index in [1.165, 1.54) is 11.3 Å². The summed E-state index contributed by atoms with van der Waals surface area (Å²) in [7, 11) is 0. The summed E-state index contributed by atoms with van der Waals surface area (Å²) in [5, 5.41) is 3.17. The first-order valence-electron chi connectivity index (χ1n) is 12.9. The van der Waals surface area contributed by atoms with Crippen molar-refractivity contribution >= 4 is 23.2 Å². The molecule has 0 aliphatic carbocycles. The highest BCUT2D eigenvalue weighted by Crippen LogP contribution is 2.27. The van der Waals surface area contributed by atoms with Crippen LogP contribution in [0.5, 0.6) is 0 Å². The number of piperazine rings is 1. The lowest BCUT2D eigenvalue weighted by atomic mass is 10.0. The van der Waals surface area contributed by atoms with Gasteiger partial charge in [-0.1, -0.05) is 48.5 Å². The molecular formula is C30H34N4O2. The maximum absolute atomic E-state index is 13.6. The van der Waals surface area contributed by atoms with Crippen molar-refractivity contribution in [2.45, 2.75) is 25.8 Å². The number of carbonyl (C=O) groups excluding carboxylic acids is 2. The molecule has 0 bridgehead atoms. The predicted molar refractivity (Wildman–Crippen MR) is 145 cm³/mol. The zero-order valence-corrected chi connectivity index (χ0v) is 20.9. The number of nitrogens with one attached hydrogen (secondary N) is 1. The predicted octanol–water partition coefficient (Wildman–Crippen LogP) is 4.36. The average Bonchev–Trinajstić information content (AvgIpc) is 2.94. The van der Waals surface area contributed by atoms with Crippen LogP contribution in [0, 0.1) is 6.92 Å². The lowest BCUT2D eigenvalue weighted by Gasteiger charge is -2.38. The Morgan fingerprint density at radius 3 is 1.97 bits per heavy atom. The highest BCUT2D eigenvalue weighted by molar-refractivity contribution is 6.00. The molecular weight excluding hydrogens is 448 g/mol. The third-order valence-corrected chi connectivity index (χ3v) is 7.36. The summed E-state index contributed by atoms with van der Waals surface area (Å²) in [6.45, 7) is 6.87. The minimum absolute atomic E-state index is 0.0190. The molecule has 2 amide bonds. The molecule has 3 aromatic rings. The van der Waals surface area contributed by atoms with Crippen LogP contribution in [0.3, 0.4) is 0 Å². The van der Waals surface area contributed by atoms with Crippen LogP contribution in [0.25, 0.3) is 0 Å². The van der Waals surface area contributed by atoms with Gasteiger partial charge in [-0.25, -0.2) is 0 Å². The highest BCUT2D eigenvalue weighted by atomic mass is 16.2. The third kappa shape index (κ3) is 5.23. The zero-order chi connectivity index (χ0) is 24.9. The molecule has 6 nitrogen and oxygen atoms in total. The Labute approximate surface area is 213 Å². The second-order valence-corrected chi connectivity index (χ2v) is 9.68. The Kier molecular flexibility index (Phi) is 7.21. The highest BCUT2D eigenvalue weighted by Gasteiger charge is 2.28. The molecule has 36 heavy (non-hydrogen) atoms. The van der Waals surface area contributed by atoms with E-state index in [0.717, 1.165) is 63.4 Å². The Balaban J connectivity index is 1.19. The molecule has 2 aliphatic heterocycles. The summed E-state index contributed by atoms with van der Waals surface area (Å²) in [4.78, 5) is 32.8. The summed E-state index contributed by atoms with van der Waals surface area (Å²) in [6, 6.07) is 25.9. The monoisotopic (exact) mass is 482 g/mol. The summed E-state index contributed by atoms with van der Waals surface area (Å²) in [5.74, 6) is 0.0870. The van der Waals surface area contributed by atoms with Gasteiger partial charge in [-0.3, -0.25) is 9.59 Å². The molecule has 0 radical (unpaired) electrons. The van der Waals surface area contributed by atoms with Crippen LogP contribution in [-0.4, -0.2) is 62.0 Å². The first-order chi connectivity index (χ1) is 17.6. The van der Waals surface area contributed by atoms with Crippen molar-refractivity contribution in [3.63, 3.8) is 0 Å². The molecule has 6 heteroatoms. The van der Waals surface area contributed by atoms with Crippen molar-refractivity contribution in [3.05, 3.63) is 95.6 Å². The van der Waals surface area contributed by atoms with Gasteiger partial charge in [0.25, 0.3) is 11.8 Å². The van der Waals surface area contributed by atoms with Crippen LogP contribution in [0.4, 0.5) is 11.4 Å². The summed E-state index contributed by atoms with van der Waals surface area (Å²) in [6.07, 6.45) is 1.71. The molecule has 0 unspecified atom stereocenters. The number of hydrogen-bond donors (Lipinski definition) is 1. The smallest absolute Gasteiger partial charge is 0.256 e. The van der Waals surface area contributed by atoms with E-state index in [4.69, 9.17) is 0 Å². The Morgan fingerprint density at radius 1 is 0.694 bits per heavy atom. The lowest BCUT2D eigenvalue weighted by molar-refractivity contribution is 0.0747. The van der Waals surface area contributed by atoms with Gasteiger partial charge in [-0.05, 0) is 55.7 Å². The van der Waals surface area contributed by atoms with E-state index in [9.17, 15) is 9.59 Å². The van der Waals surface area contributed by atoms with E-state index in [2.05, 4.69) is 52.4 Å². The summed E-state index contributed by atoms with van der Waals surface area (Å²) >= 11 is 0. The molecule has 0 atom stereocenters. The molecule has 0 spiro atoms. The Bertz CT molecular complexity index is 1200. The molecule has 0 saturated carbocycles. The molecule has 0 aromatic heterocycles. The summed E-state index contributed by atoms with van der Waals surface area (Å²) in [5.41, 5.74) is 4.99. The van der Waals surface area contributed by atoms with Gasteiger partial charge in [0.05, 0.1) is 5.56 Å². The second kappa shape index (κ2) is 10.9. The van der Waals surface area contributed by atoms with E-state index in [-0.39, 0.29) is 17.9 Å². The normalized spacial score (nSPS) is 16.6. The number of carbonyl (C=O) groups is 2. The van der Waals surface area contributed by atoms with Crippen LogP contribution in [0.1, 0.15) is 39.1 Å². The minimum Gasteiger partial charge on any atom is -0.371 e. The van der Waals surface area contributed by atoms with Gasteiger partial charge in [0.1, 0.15) is 0 Å². The first kappa shape index (κ1) is 23.9. The van der Waals surface area contributed by atoms with Crippen molar-refractivity contribution in [3.8, 4) is 0 Å². The Hall–Kier alpha value is -3.80. The van der Waals surface area contributed by atoms with E-state index < -0.39 is 0 Å². The van der Waals surface area contributed by atoms with Crippen molar-refractivity contribution in [2.24, 2.45) is 0 Å². The minimum atomic E-state index is -0.0190. The average molecular weight is 483 g/mol. The van der Waals surface area contributed by atoms with E-state index >= 15 is 0 Å². The first-order valence-corrected chi connectivity index (χ1v) is 12.9. The molecule has 2 saturated heterocycles. The Morgan fingerprint density at radius 2 is 1.28 bits per heavy atom. The van der Waals surface area contributed by atoms with Gasteiger partial charge in [0.2, 0.25) is 0 Å². The van der Waals surface area contributed by atoms with Crippen LogP contribution in [0.2, 0.25) is 0 Å². The topological polar surface area (TPSA) is 55.9 Å². The van der Waals surface area contributed by atoms with Crippen LogP contribution in [-0.2, 0) is 0 Å². The number of anilines is 2. The number of rotatable bonds is 5. The largest absolute Gasteiger partial charge is 0.371 e. The SMILES string of the molecule is Cc1ccccc1N1CCN(C(=O)c2ccccc2N2CCC(NC(=O)c3ccccc3)CC2)CC1. The van der Waals surface area contributed by atoms with Gasteiger partial charge >= 0.3 is 0 Å². The maximum Gasteiger partial charge on any atom is 0.256 e. The van der Waals surface area contributed by atoms with Gasteiger partial charge in [0.15, 0.2) is 0 Å².